The minimum atomic E-state index is -4.32. The van der Waals surface area contributed by atoms with Crippen LogP contribution in [0.25, 0.3) is 0 Å². The molecule has 0 amide bonds. The van der Waals surface area contributed by atoms with Crippen LogP contribution in [0.5, 0.6) is 0 Å². The lowest BCUT2D eigenvalue weighted by Gasteiger charge is -2.32. The largest absolute Gasteiger partial charge is 0.222 e. The SMILES string of the molecule is C#CCC(CC(=C)C)(S(=O)(=O)c1ccccc1)S(=O)(=O)c1ccccc1. The molecule has 0 saturated carbocycles. The molecule has 0 atom stereocenters. The van der Waals surface area contributed by atoms with E-state index in [1.54, 1.807) is 43.3 Å². The number of benzene rings is 2. The molecule has 136 valence electrons. The van der Waals surface area contributed by atoms with E-state index >= 15 is 0 Å². The summed E-state index contributed by atoms with van der Waals surface area (Å²) in [6, 6.07) is 15.0. The minimum Gasteiger partial charge on any atom is -0.222 e. The van der Waals surface area contributed by atoms with Crippen LogP contribution in [-0.2, 0) is 19.7 Å². The van der Waals surface area contributed by atoms with E-state index in [-0.39, 0.29) is 16.2 Å². The molecule has 4 nitrogen and oxygen atoms in total. The molecule has 26 heavy (non-hydrogen) atoms. The lowest BCUT2D eigenvalue weighted by atomic mass is 10.1. The van der Waals surface area contributed by atoms with Crippen LogP contribution in [0.15, 0.2) is 82.6 Å². The Labute approximate surface area is 155 Å². The molecule has 2 rings (SSSR count). The van der Waals surface area contributed by atoms with Gasteiger partial charge in [-0.2, -0.15) is 0 Å². The molecule has 6 heteroatoms. The van der Waals surface area contributed by atoms with Crippen molar-refractivity contribution in [2.45, 2.75) is 33.6 Å². The van der Waals surface area contributed by atoms with Gasteiger partial charge >= 0.3 is 0 Å². The summed E-state index contributed by atoms with van der Waals surface area (Å²) < 4.78 is 51.7. The fourth-order valence-corrected chi connectivity index (χ4v) is 7.87. The third-order valence-electron chi connectivity index (χ3n) is 4.03. The molecule has 2 aromatic carbocycles. The van der Waals surface area contributed by atoms with Gasteiger partial charge in [-0.3, -0.25) is 0 Å². The van der Waals surface area contributed by atoms with Gasteiger partial charge in [-0.1, -0.05) is 42.0 Å². The van der Waals surface area contributed by atoms with E-state index in [0.29, 0.717) is 5.57 Å². The number of terminal acetylenes is 1. The molecular formula is C20H20O4S2. The first-order valence-electron chi connectivity index (χ1n) is 7.86. The average Bonchev–Trinajstić information content (AvgIpc) is 2.62. The first-order chi connectivity index (χ1) is 12.2. The monoisotopic (exact) mass is 388 g/mol. The van der Waals surface area contributed by atoms with Crippen molar-refractivity contribution in [2.24, 2.45) is 0 Å². The van der Waals surface area contributed by atoms with Gasteiger partial charge in [0, 0.05) is 12.8 Å². The van der Waals surface area contributed by atoms with Gasteiger partial charge in [-0.05, 0) is 31.2 Å². The molecule has 0 spiro atoms. The molecule has 0 N–H and O–H groups in total. The van der Waals surface area contributed by atoms with Gasteiger partial charge in [-0.25, -0.2) is 16.8 Å². The maximum absolute atomic E-state index is 13.5. The number of allylic oxidation sites excluding steroid dienone is 1. The first kappa shape index (κ1) is 20.0. The summed E-state index contributed by atoms with van der Waals surface area (Å²) in [6.45, 7) is 5.33. The zero-order chi connectivity index (χ0) is 19.4. The second-order valence-electron chi connectivity index (χ2n) is 6.06. The van der Waals surface area contributed by atoms with Crippen molar-refractivity contribution in [1.82, 2.24) is 0 Å². The molecule has 0 aromatic heterocycles. The summed E-state index contributed by atoms with van der Waals surface area (Å²) in [5.41, 5.74) is 0.416. The van der Waals surface area contributed by atoms with Crippen LogP contribution in [0.2, 0.25) is 0 Å². The second-order valence-corrected chi connectivity index (χ2v) is 10.8. The predicted molar refractivity (Wildman–Crippen MR) is 103 cm³/mol. The summed E-state index contributed by atoms with van der Waals surface area (Å²) in [5.74, 6) is 2.27. The summed E-state index contributed by atoms with van der Waals surface area (Å²) >= 11 is 0. The van der Waals surface area contributed by atoms with Crippen LogP contribution in [0.4, 0.5) is 0 Å². The van der Waals surface area contributed by atoms with Crippen molar-refractivity contribution in [2.75, 3.05) is 0 Å². The van der Waals surface area contributed by atoms with Gasteiger partial charge < -0.3 is 0 Å². The van der Waals surface area contributed by atoms with Crippen LogP contribution >= 0.6 is 0 Å². The third kappa shape index (κ3) is 3.33. The molecule has 0 bridgehead atoms. The smallest absolute Gasteiger partial charge is 0.200 e. The van der Waals surface area contributed by atoms with Crippen molar-refractivity contribution >= 4 is 19.7 Å². The van der Waals surface area contributed by atoms with E-state index in [4.69, 9.17) is 6.42 Å². The highest BCUT2D eigenvalue weighted by Crippen LogP contribution is 2.42. The van der Waals surface area contributed by atoms with Crippen LogP contribution in [0.3, 0.4) is 0 Å². The molecule has 0 aliphatic carbocycles. The Morgan fingerprint density at radius 3 is 1.62 bits per heavy atom. The van der Waals surface area contributed by atoms with Gasteiger partial charge in [0.1, 0.15) is 0 Å². The number of hydrogen-bond acceptors (Lipinski definition) is 4. The molecular weight excluding hydrogens is 368 g/mol. The molecule has 0 aliphatic rings. The minimum absolute atomic E-state index is 0.0870. The molecule has 0 radical (unpaired) electrons. The normalized spacial score (nSPS) is 12.3. The van der Waals surface area contributed by atoms with E-state index in [2.05, 4.69) is 12.5 Å². The number of hydrogen-bond donors (Lipinski definition) is 0. The van der Waals surface area contributed by atoms with E-state index < -0.39 is 30.2 Å². The summed E-state index contributed by atoms with van der Waals surface area (Å²) in [7, 11) is -8.63. The lowest BCUT2D eigenvalue weighted by Crippen LogP contribution is -2.46. The van der Waals surface area contributed by atoms with Crippen LogP contribution in [0, 0.1) is 12.3 Å². The molecule has 0 fully saturated rings. The van der Waals surface area contributed by atoms with Gasteiger partial charge in [0.05, 0.1) is 9.79 Å². The van der Waals surface area contributed by atoms with E-state index in [0.717, 1.165) is 0 Å². The zero-order valence-electron chi connectivity index (χ0n) is 14.4. The Kier molecular flexibility index (Phi) is 5.74. The van der Waals surface area contributed by atoms with Gasteiger partial charge in [0.2, 0.25) is 0 Å². The van der Waals surface area contributed by atoms with Crippen molar-refractivity contribution in [3.8, 4) is 12.3 Å². The lowest BCUT2D eigenvalue weighted by molar-refractivity contribution is 0.536. The maximum Gasteiger partial charge on any atom is 0.200 e. The van der Waals surface area contributed by atoms with Crippen molar-refractivity contribution in [1.29, 1.82) is 0 Å². The number of sulfone groups is 2. The highest BCUT2D eigenvalue weighted by molar-refractivity contribution is 8.10. The molecule has 0 aliphatic heterocycles. The second kappa shape index (κ2) is 7.48. The van der Waals surface area contributed by atoms with Crippen LogP contribution in [-0.4, -0.2) is 20.9 Å². The molecule has 2 aromatic rings. The van der Waals surface area contributed by atoms with Crippen molar-refractivity contribution in [3.05, 3.63) is 72.8 Å². The van der Waals surface area contributed by atoms with Crippen molar-refractivity contribution in [3.63, 3.8) is 0 Å². The fraction of sp³-hybridized carbons (Fsp3) is 0.200. The Hall–Kier alpha value is -2.36. The summed E-state index contributed by atoms with van der Waals surface area (Å²) in [6.07, 6.45) is 4.67. The molecule has 0 unspecified atom stereocenters. The third-order valence-corrected chi connectivity index (χ3v) is 9.67. The van der Waals surface area contributed by atoms with E-state index in [9.17, 15) is 16.8 Å². The van der Waals surface area contributed by atoms with Crippen molar-refractivity contribution < 1.29 is 16.8 Å². The topological polar surface area (TPSA) is 68.3 Å². The van der Waals surface area contributed by atoms with Crippen LogP contribution in [0.1, 0.15) is 19.8 Å². The summed E-state index contributed by atoms with van der Waals surface area (Å²) in [5, 5.41) is 0. The Balaban J connectivity index is 2.88. The predicted octanol–water partition coefficient (Wildman–Crippen LogP) is 3.62. The zero-order valence-corrected chi connectivity index (χ0v) is 16.1. The fourth-order valence-electron chi connectivity index (χ4n) is 2.83. The first-order valence-corrected chi connectivity index (χ1v) is 10.8. The van der Waals surface area contributed by atoms with Gasteiger partial charge in [0.15, 0.2) is 23.8 Å². The Bertz CT molecular complexity index is 960. The van der Waals surface area contributed by atoms with E-state index in [1.165, 1.54) is 24.3 Å². The van der Waals surface area contributed by atoms with Crippen LogP contribution < -0.4 is 0 Å². The van der Waals surface area contributed by atoms with Gasteiger partial charge in [-0.15, -0.1) is 18.9 Å². The quantitative estimate of drug-likeness (QED) is 0.537. The average molecular weight is 389 g/mol. The maximum atomic E-state index is 13.5. The molecule has 0 saturated heterocycles. The van der Waals surface area contributed by atoms with Gasteiger partial charge in [0.25, 0.3) is 0 Å². The number of rotatable bonds is 7. The standard InChI is InChI=1S/C20H20O4S2/c1-4-15-20(16-17(2)3,25(21,22)18-11-7-5-8-12-18)26(23,24)19-13-9-6-10-14-19/h1,5-14H,2,15-16H2,3H3. The highest BCUT2D eigenvalue weighted by Gasteiger charge is 2.55. The Morgan fingerprint density at radius 2 is 1.31 bits per heavy atom. The van der Waals surface area contributed by atoms with E-state index in [1.807, 2.05) is 0 Å². The summed E-state index contributed by atoms with van der Waals surface area (Å²) in [4.78, 5) is -0.174. The highest BCUT2D eigenvalue weighted by atomic mass is 32.3. The Morgan fingerprint density at radius 1 is 0.923 bits per heavy atom. The molecule has 0 heterocycles.